The predicted molar refractivity (Wildman–Crippen MR) is 32.6 cm³/mol. The first-order valence-corrected chi connectivity index (χ1v) is 3.44. The normalized spacial score (nSPS) is 38.6. The molecule has 0 aromatic rings. The summed E-state index contributed by atoms with van der Waals surface area (Å²) in [6.45, 7) is 2.29. The smallest absolute Gasteiger partial charge is 0.0226 e. The molecule has 0 aromatic carbocycles. The van der Waals surface area contributed by atoms with E-state index in [1.54, 1.807) is 0 Å². The van der Waals surface area contributed by atoms with Crippen LogP contribution in [-0.2, 0) is 0 Å². The zero-order chi connectivity index (χ0) is 5.28. The summed E-state index contributed by atoms with van der Waals surface area (Å²) in [4.78, 5) is 0. The Hall–Kier alpha value is 0.290. The van der Waals surface area contributed by atoms with Crippen LogP contribution in [0, 0.1) is 11.8 Å². The van der Waals surface area contributed by atoms with Crippen molar-refractivity contribution < 1.29 is 0 Å². The molecule has 1 saturated carbocycles. The van der Waals surface area contributed by atoms with Crippen molar-refractivity contribution in [2.45, 2.75) is 19.8 Å². The van der Waals surface area contributed by atoms with Gasteiger partial charge in [0.1, 0.15) is 0 Å². The lowest BCUT2D eigenvalue weighted by Gasteiger charge is -1.85. The molecule has 0 aliphatic heterocycles. The van der Waals surface area contributed by atoms with Crippen molar-refractivity contribution in [3.05, 3.63) is 0 Å². The Morgan fingerprint density at radius 2 is 2.29 bits per heavy atom. The van der Waals surface area contributed by atoms with Gasteiger partial charge >= 0.3 is 0 Å². The Labute approximate surface area is 49.9 Å². The van der Waals surface area contributed by atoms with Crippen molar-refractivity contribution >= 4 is 11.6 Å². The Morgan fingerprint density at radius 1 is 1.71 bits per heavy atom. The molecule has 1 rings (SSSR count). The van der Waals surface area contributed by atoms with E-state index >= 15 is 0 Å². The van der Waals surface area contributed by atoms with Gasteiger partial charge < -0.3 is 0 Å². The highest BCUT2D eigenvalue weighted by atomic mass is 35.5. The van der Waals surface area contributed by atoms with Crippen LogP contribution < -0.4 is 0 Å². The Morgan fingerprint density at radius 3 is 2.43 bits per heavy atom. The quantitative estimate of drug-likeness (QED) is 0.488. The zero-order valence-corrected chi connectivity index (χ0v) is 5.41. The number of hydrogen-bond acceptors (Lipinski definition) is 0. The van der Waals surface area contributed by atoms with Gasteiger partial charge in [0.15, 0.2) is 0 Å². The Balaban J connectivity index is 1.98. The molecule has 1 fully saturated rings. The van der Waals surface area contributed by atoms with E-state index in [0.717, 1.165) is 17.7 Å². The Kier molecular flexibility index (Phi) is 1.58. The van der Waals surface area contributed by atoms with Crippen LogP contribution in [0.5, 0.6) is 0 Å². The minimum absolute atomic E-state index is 0.856. The van der Waals surface area contributed by atoms with Crippen LogP contribution in [-0.4, -0.2) is 5.88 Å². The van der Waals surface area contributed by atoms with Gasteiger partial charge in [-0.05, 0) is 24.7 Å². The molecule has 7 heavy (non-hydrogen) atoms. The molecule has 0 amide bonds. The third-order valence-corrected chi connectivity index (χ3v) is 1.97. The molecule has 1 aliphatic carbocycles. The molecule has 2 atom stereocenters. The summed E-state index contributed by atoms with van der Waals surface area (Å²) < 4.78 is 0. The van der Waals surface area contributed by atoms with E-state index in [2.05, 4.69) is 6.92 Å². The van der Waals surface area contributed by atoms with Crippen molar-refractivity contribution in [1.29, 1.82) is 0 Å². The fourth-order valence-corrected chi connectivity index (χ4v) is 1.22. The predicted octanol–water partition coefficient (Wildman–Crippen LogP) is 2.27. The van der Waals surface area contributed by atoms with E-state index < -0.39 is 0 Å². The van der Waals surface area contributed by atoms with Gasteiger partial charge in [-0.3, -0.25) is 0 Å². The lowest BCUT2D eigenvalue weighted by atomic mass is 10.3. The average Bonchev–Trinajstić information content (AvgIpc) is 2.22. The van der Waals surface area contributed by atoms with Gasteiger partial charge in [-0.15, -0.1) is 11.6 Å². The van der Waals surface area contributed by atoms with Crippen LogP contribution >= 0.6 is 11.6 Å². The number of hydrogen-bond donors (Lipinski definition) is 0. The molecule has 0 saturated heterocycles. The van der Waals surface area contributed by atoms with Crippen molar-refractivity contribution in [1.82, 2.24) is 0 Å². The summed E-state index contributed by atoms with van der Waals surface area (Å²) >= 11 is 5.50. The molecule has 0 N–H and O–H groups in total. The fraction of sp³-hybridized carbons (Fsp3) is 1.00. The van der Waals surface area contributed by atoms with Gasteiger partial charge in [-0.1, -0.05) is 6.92 Å². The second-order valence-corrected chi connectivity index (χ2v) is 2.83. The summed E-state index contributed by atoms with van der Waals surface area (Å²) in [5, 5.41) is 0. The maximum Gasteiger partial charge on any atom is 0.0226 e. The molecule has 1 aliphatic rings. The van der Waals surface area contributed by atoms with Crippen molar-refractivity contribution in [2.24, 2.45) is 11.8 Å². The first-order chi connectivity index (χ1) is 3.34. The van der Waals surface area contributed by atoms with E-state index in [1.807, 2.05) is 0 Å². The average molecular weight is 119 g/mol. The lowest BCUT2D eigenvalue weighted by molar-refractivity contribution is 0.728. The number of halogens is 1. The van der Waals surface area contributed by atoms with Crippen LogP contribution in [0.15, 0.2) is 0 Å². The summed E-state index contributed by atoms with van der Waals surface area (Å²) in [6, 6.07) is 0. The van der Waals surface area contributed by atoms with E-state index in [-0.39, 0.29) is 0 Å². The lowest BCUT2D eigenvalue weighted by Crippen LogP contribution is -1.77. The van der Waals surface area contributed by atoms with E-state index in [9.17, 15) is 0 Å². The van der Waals surface area contributed by atoms with E-state index in [4.69, 9.17) is 11.6 Å². The third kappa shape index (κ3) is 1.34. The van der Waals surface area contributed by atoms with Crippen molar-refractivity contribution in [2.75, 3.05) is 5.88 Å². The number of rotatable bonds is 2. The maximum atomic E-state index is 5.50. The van der Waals surface area contributed by atoms with Gasteiger partial charge in [0.05, 0.1) is 0 Å². The fourth-order valence-electron chi connectivity index (χ4n) is 0.941. The molecular formula is C6H11Cl. The molecular weight excluding hydrogens is 108 g/mol. The van der Waals surface area contributed by atoms with E-state index in [0.29, 0.717) is 0 Å². The van der Waals surface area contributed by atoms with Gasteiger partial charge in [-0.2, -0.15) is 0 Å². The minimum atomic E-state index is 0.856. The second-order valence-electron chi connectivity index (χ2n) is 2.45. The highest BCUT2D eigenvalue weighted by Crippen LogP contribution is 2.40. The third-order valence-electron chi connectivity index (χ3n) is 1.76. The molecule has 0 nitrogen and oxygen atoms in total. The SMILES string of the molecule is C[C@H]1C[C@H]1CCCl. The first-order valence-electron chi connectivity index (χ1n) is 2.90. The Bertz CT molecular complexity index is 61.2. The van der Waals surface area contributed by atoms with Crippen molar-refractivity contribution in [3.8, 4) is 0 Å². The highest BCUT2D eigenvalue weighted by Gasteiger charge is 2.30. The summed E-state index contributed by atoms with van der Waals surface area (Å²) in [7, 11) is 0. The topological polar surface area (TPSA) is 0 Å². The van der Waals surface area contributed by atoms with Crippen LogP contribution in [0.2, 0.25) is 0 Å². The number of alkyl halides is 1. The molecule has 0 bridgehead atoms. The largest absolute Gasteiger partial charge is 0.127 e. The molecule has 1 heteroatoms. The minimum Gasteiger partial charge on any atom is -0.127 e. The zero-order valence-electron chi connectivity index (χ0n) is 4.65. The first kappa shape index (κ1) is 5.43. The van der Waals surface area contributed by atoms with Crippen LogP contribution in [0.1, 0.15) is 19.8 Å². The van der Waals surface area contributed by atoms with Crippen molar-refractivity contribution in [3.63, 3.8) is 0 Å². The molecule has 0 unspecified atom stereocenters. The summed E-state index contributed by atoms with van der Waals surface area (Å²) in [6.07, 6.45) is 2.66. The van der Waals surface area contributed by atoms with Gasteiger partial charge in [0.25, 0.3) is 0 Å². The van der Waals surface area contributed by atoms with Gasteiger partial charge in [0.2, 0.25) is 0 Å². The monoisotopic (exact) mass is 118 g/mol. The second kappa shape index (κ2) is 2.04. The molecule has 0 radical (unpaired) electrons. The molecule has 0 aromatic heterocycles. The van der Waals surface area contributed by atoms with Gasteiger partial charge in [-0.25, -0.2) is 0 Å². The van der Waals surface area contributed by atoms with Crippen LogP contribution in [0.25, 0.3) is 0 Å². The van der Waals surface area contributed by atoms with Crippen LogP contribution in [0.4, 0.5) is 0 Å². The molecule has 42 valence electrons. The standard InChI is InChI=1S/C6H11Cl/c1-5-4-6(5)2-3-7/h5-6H,2-4H2,1H3/t5-,6+/m0/s1. The summed E-state index contributed by atoms with van der Waals surface area (Å²) in [5.74, 6) is 2.82. The molecule has 0 spiro atoms. The van der Waals surface area contributed by atoms with Gasteiger partial charge in [0, 0.05) is 5.88 Å². The van der Waals surface area contributed by atoms with E-state index in [1.165, 1.54) is 12.8 Å². The summed E-state index contributed by atoms with van der Waals surface area (Å²) in [5.41, 5.74) is 0. The molecule has 0 heterocycles. The van der Waals surface area contributed by atoms with Crippen LogP contribution in [0.3, 0.4) is 0 Å². The highest BCUT2D eigenvalue weighted by molar-refractivity contribution is 6.17. The maximum absolute atomic E-state index is 5.50.